The summed E-state index contributed by atoms with van der Waals surface area (Å²) in [5.74, 6) is 0. The quantitative estimate of drug-likeness (QED) is 0.598. The van der Waals surface area contributed by atoms with Crippen LogP contribution in [0, 0.1) is 14.9 Å². The summed E-state index contributed by atoms with van der Waals surface area (Å²) in [5, 5.41) is 0. The van der Waals surface area contributed by atoms with Crippen LogP contribution in [0.3, 0.4) is 0 Å². The Morgan fingerprint density at radius 3 is 0.750 bits per heavy atom. The molecule has 0 atom stereocenters. The fourth-order valence-electron chi connectivity index (χ4n) is 0. The predicted octanol–water partition coefficient (Wildman–Crippen LogP) is 3.64. The number of halogens is 1. The van der Waals surface area contributed by atoms with Gasteiger partial charge in [-0.3, -0.25) is 0 Å². The van der Waals surface area contributed by atoms with Crippen molar-refractivity contribution in [2.24, 2.45) is 0 Å². The average molecular weight is 318 g/mol. The molecule has 0 nitrogen and oxygen atoms in total. The van der Waals surface area contributed by atoms with E-state index in [2.05, 4.69) is 9.58 Å². The van der Waals surface area contributed by atoms with Gasteiger partial charge in [-0.2, -0.15) is 0 Å². The molecule has 0 saturated heterocycles. The van der Waals surface area contributed by atoms with Crippen LogP contribution in [-0.2, 0) is 17.9 Å². The van der Waals surface area contributed by atoms with Gasteiger partial charge in [0.05, 0.1) is 0 Å². The first-order valence-electron chi connectivity index (χ1n) is 2.13. The zero-order chi connectivity index (χ0) is 6.00. The molecule has 0 aromatic carbocycles. The molecule has 2 heteroatoms. The fraction of sp³-hybridized carbons (Fsp3) is 0.667. The second kappa shape index (κ2) is 433. The molecule has 0 heterocycles. The Balaban J connectivity index is -0.00000000500. The Hall–Kier alpha value is 0.939. The van der Waals surface area contributed by atoms with Gasteiger partial charge in [-0.05, 0) is 0 Å². The molecule has 0 amide bonds. The molecule has 0 spiro atoms. The van der Waals surface area contributed by atoms with Crippen LogP contribution in [0.2, 0.25) is 0 Å². The Morgan fingerprint density at radius 1 is 0.750 bits per heavy atom. The van der Waals surface area contributed by atoms with Crippen LogP contribution in [0.4, 0.5) is 0 Å². The van der Waals surface area contributed by atoms with E-state index in [1.54, 1.807) is 0 Å². The molecule has 0 aliphatic heterocycles. The first-order valence-corrected chi connectivity index (χ1v) is 5.09. The molecule has 0 aromatic heterocycles. The molecule has 0 aliphatic carbocycles. The third kappa shape index (κ3) is 277. The maximum absolute atomic E-state index is 4.64. The Bertz CT molecular complexity index is 8.49. The topological polar surface area (TPSA) is 0 Å². The van der Waals surface area contributed by atoms with Gasteiger partial charge in [0.15, 0.2) is 0 Å². The van der Waals surface area contributed by atoms with E-state index in [4.69, 9.17) is 0 Å². The normalized spacial score (nSPS) is 2.25. The van der Waals surface area contributed by atoms with Crippen LogP contribution in [0.1, 0.15) is 27.7 Å². The molecule has 58 valence electrons. The molecule has 0 fully saturated rings. The summed E-state index contributed by atoms with van der Waals surface area (Å²) >= 11 is 1.47. The van der Waals surface area contributed by atoms with Gasteiger partial charge in [0.2, 0.25) is 0 Å². The van der Waals surface area contributed by atoms with Gasteiger partial charge in [0, 0.05) is 0 Å². The Labute approximate surface area is 70.2 Å². The molecule has 0 radical (unpaired) electrons. The van der Waals surface area contributed by atoms with Gasteiger partial charge in [0.25, 0.3) is 0 Å². The monoisotopic (exact) mass is 318 g/mol. The molecule has 0 unspecified atom stereocenters. The molecule has 0 N–H and O–H groups in total. The first-order chi connectivity index (χ1) is 3.00. The van der Waals surface area contributed by atoms with Crippen molar-refractivity contribution in [1.82, 2.24) is 0 Å². The van der Waals surface area contributed by atoms with Crippen molar-refractivity contribution < 1.29 is 17.9 Å². The van der Waals surface area contributed by atoms with Crippen molar-refractivity contribution in [3.05, 3.63) is 14.9 Å². The number of hydrogen-bond donors (Lipinski definition) is 0. The molecule has 0 aliphatic rings. The second-order valence-corrected chi connectivity index (χ2v) is 0. The zero-order valence-electron chi connectivity index (χ0n) is 6.71. The van der Waals surface area contributed by atoms with Crippen LogP contribution in [0.25, 0.3) is 0 Å². The van der Waals surface area contributed by atoms with Gasteiger partial charge in [-0.15, -0.1) is 0 Å². The zero-order valence-corrected chi connectivity index (χ0v) is 9.86. The van der Waals surface area contributed by atoms with E-state index in [0.717, 1.165) is 0 Å². The molecule has 0 aromatic rings. The molecule has 0 saturated carbocycles. The molecular formula is C6H18ClIr. The summed E-state index contributed by atoms with van der Waals surface area (Å²) in [6.45, 7) is 8.00. The van der Waals surface area contributed by atoms with E-state index in [1.807, 2.05) is 27.7 Å². The van der Waals surface area contributed by atoms with E-state index >= 15 is 0 Å². The van der Waals surface area contributed by atoms with Crippen molar-refractivity contribution in [3.8, 4) is 0 Å². The Morgan fingerprint density at radius 2 is 0.750 bits per heavy atom. The van der Waals surface area contributed by atoms with E-state index in [0.29, 0.717) is 0 Å². The first kappa shape index (κ1) is 36.3. The summed E-state index contributed by atoms with van der Waals surface area (Å²) in [4.78, 5) is 0. The van der Waals surface area contributed by atoms with Crippen LogP contribution < -0.4 is 0 Å². The van der Waals surface area contributed by atoms with E-state index in [-0.39, 0.29) is 14.9 Å². The third-order valence-electron chi connectivity index (χ3n) is 0. The van der Waals surface area contributed by atoms with Gasteiger partial charge >= 0.3 is 27.5 Å². The number of hydrogen-bond acceptors (Lipinski definition) is 0. The van der Waals surface area contributed by atoms with E-state index in [9.17, 15) is 0 Å². The molecule has 0 bridgehead atoms. The summed E-state index contributed by atoms with van der Waals surface area (Å²) < 4.78 is 0. The van der Waals surface area contributed by atoms with Crippen LogP contribution >= 0.6 is 9.58 Å². The Kier molecular flexibility index (Phi) is 1970. The second-order valence-electron chi connectivity index (χ2n) is 0. The van der Waals surface area contributed by atoms with Gasteiger partial charge < -0.3 is 14.9 Å². The minimum absolute atomic E-state index is 0. The van der Waals surface area contributed by atoms with Crippen LogP contribution in [0.5, 0.6) is 0 Å². The van der Waals surface area contributed by atoms with E-state index < -0.39 is 0 Å². The van der Waals surface area contributed by atoms with Crippen molar-refractivity contribution >= 4 is 9.58 Å². The summed E-state index contributed by atoms with van der Waals surface area (Å²) in [6.07, 6.45) is 0. The summed E-state index contributed by atoms with van der Waals surface area (Å²) in [6, 6.07) is 0. The molecular weight excluding hydrogens is 300 g/mol. The van der Waals surface area contributed by atoms with Gasteiger partial charge in [0.1, 0.15) is 0 Å². The molecule has 8 heavy (non-hydrogen) atoms. The van der Waals surface area contributed by atoms with E-state index in [1.165, 1.54) is 17.9 Å². The predicted molar refractivity (Wildman–Crippen MR) is 41.4 cm³/mol. The standard InChI is InChI=1S/2C2H6.2CH3.ClH.Ir/c2*1-2;;;;/h2*1-2H3;2*1H3;1H;/q;;2*-1;;+3/p-1. The number of rotatable bonds is 0. The van der Waals surface area contributed by atoms with Crippen molar-refractivity contribution in [1.29, 1.82) is 0 Å². The van der Waals surface area contributed by atoms with Crippen molar-refractivity contribution in [2.45, 2.75) is 27.7 Å². The van der Waals surface area contributed by atoms with Crippen LogP contribution in [0.15, 0.2) is 0 Å². The molecule has 0 rings (SSSR count). The van der Waals surface area contributed by atoms with Crippen LogP contribution in [-0.4, -0.2) is 0 Å². The van der Waals surface area contributed by atoms with Gasteiger partial charge in [-0.1, -0.05) is 27.7 Å². The average Bonchev–Trinajstić information content (AvgIpc) is 1.81. The van der Waals surface area contributed by atoms with Crippen molar-refractivity contribution in [3.63, 3.8) is 0 Å². The summed E-state index contributed by atoms with van der Waals surface area (Å²) in [7, 11) is 4.64. The van der Waals surface area contributed by atoms with Crippen molar-refractivity contribution in [2.75, 3.05) is 0 Å². The SMILES string of the molecule is CC.CC.[CH3-].[CH3-].[Cl][Ir+2]. The summed E-state index contributed by atoms with van der Waals surface area (Å²) in [5.41, 5.74) is 0. The minimum atomic E-state index is 0. The third-order valence-corrected chi connectivity index (χ3v) is 0. The van der Waals surface area contributed by atoms with Gasteiger partial charge in [-0.25, -0.2) is 0 Å². The fourth-order valence-corrected chi connectivity index (χ4v) is 0. The maximum atomic E-state index is 4.64.